The van der Waals surface area contributed by atoms with Crippen molar-refractivity contribution in [3.63, 3.8) is 0 Å². The molecule has 0 amide bonds. The van der Waals surface area contributed by atoms with E-state index in [4.69, 9.17) is 10.1 Å². The molecule has 4 aromatic rings. The van der Waals surface area contributed by atoms with Gasteiger partial charge in [-0.15, -0.1) is 0 Å². The Bertz CT molecular complexity index is 1600. The number of benzene rings is 2. The lowest BCUT2D eigenvalue weighted by atomic mass is 10.1. The van der Waals surface area contributed by atoms with E-state index in [9.17, 15) is 13.2 Å². The van der Waals surface area contributed by atoms with E-state index in [0.717, 1.165) is 11.1 Å². The third kappa shape index (κ3) is 4.17. The molecule has 5 rings (SSSR count). The summed E-state index contributed by atoms with van der Waals surface area (Å²) in [6, 6.07) is 16.4. The minimum absolute atomic E-state index is 0.0142. The zero-order valence-corrected chi connectivity index (χ0v) is 20.6. The molecule has 3 heterocycles. The lowest BCUT2D eigenvalue weighted by Gasteiger charge is -2.23. The Morgan fingerprint density at radius 3 is 2.31 bits per heavy atom. The minimum Gasteiger partial charge on any atom is -0.377 e. The number of nitrogens with one attached hydrogen (secondary N) is 1. The Hall–Kier alpha value is -3.69. The van der Waals surface area contributed by atoms with Crippen LogP contribution in [-0.2, 0) is 23.1 Å². The summed E-state index contributed by atoms with van der Waals surface area (Å²) in [6.07, 6.45) is 1.79. The number of nitrogens with two attached hydrogens (primary N) is 1. The molecule has 0 spiro atoms. The summed E-state index contributed by atoms with van der Waals surface area (Å²) in [5.74, 6) is 0.661. The van der Waals surface area contributed by atoms with Gasteiger partial charge < -0.3 is 10.2 Å². The molecule has 9 heteroatoms. The maximum Gasteiger partial charge on any atom is 0.262 e. The number of fused-ring (bicyclic) bond motifs is 2. The van der Waals surface area contributed by atoms with Gasteiger partial charge in [-0.1, -0.05) is 36.4 Å². The van der Waals surface area contributed by atoms with Gasteiger partial charge in [-0.2, -0.15) is 0 Å². The standard InChI is InChI=1S/C26H27N5O3S/c1-16-12-21(18(3)28-22-10-6-7-11-23(22)35(27,33)34)25-29-24(17(2)26(32)31(25)13-16)30-14-19-8-4-5-9-20(19)15-30/h4-13,18,28H,14-15H2,1-3H3,(H2,27,33,34). The fourth-order valence-electron chi connectivity index (χ4n) is 4.74. The van der Waals surface area contributed by atoms with E-state index < -0.39 is 10.0 Å². The SMILES string of the molecule is Cc1cc(C(C)Nc2ccccc2S(N)(=O)=O)c2nc(N3Cc4ccccc4C3)c(C)c(=O)n2c1. The Balaban J connectivity index is 1.61. The summed E-state index contributed by atoms with van der Waals surface area (Å²) in [4.78, 5) is 20.5. The summed E-state index contributed by atoms with van der Waals surface area (Å²) < 4.78 is 25.7. The first-order valence-electron chi connectivity index (χ1n) is 11.4. The first kappa shape index (κ1) is 23.1. The number of pyridine rings is 1. The summed E-state index contributed by atoms with van der Waals surface area (Å²) >= 11 is 0. The lowest BCUT2D eigenvalue weighted by molar-refractivity contribution is 0.598. The average molecular weight is 490 g/mol. The van der Waals surface area contributed by atoms with Crippen molar-refractivity contribution < 1.29 is 8.42 Å². The highest BCUT2D eigenvalue weighted by molar-refractivity contribution is 7.89. The molecule has 0 bridgehead atoms. The lowest BCUT2D eigenvalue weighted by Crippen LogP contribution is -2.27. The van der Waals surface area contributed by atoms with Crippen molar-refractivity contribution >= 4 is 27.2 Å². The highest BCUT2D eigenvalue weighted by Crippen LogP contribution is 2.31. The van der Waals surface area contributed by atoms with Gasteiger partial charge in [0.1, 0.15) is 16.4 Å². The fraction of sp³-hybridized carbons (Fsp3) is 0.231. The van der Waals surface area contributed by atoms with Crippen LogP contribution in [0.1, 0.15) is 40.8 Å². The molecule has 0 aliphatic carbocycles. The number of nitrogens with zero attached hydrogens (tertiary/aromatic N) is 3. The van der Waals surface area contributed by atoms with E-state index >= 15 is 0 Å². The van der Waals surface area contributed by atoms with Crippen LogP contribution in [0.15, 0.2) is 70.5 Å². The van der Waals surface area contributed by atoms with Gasteiger partial charge in [-0.25, -0.2) is 18.5 Å². The van der Waals surface area contributed by atoms with Crippen molar-refractivity contribution in [2.24, 2.45) is 5.14 Å². The predicted octanol–water partition coefficient (Wildman–Crippen LogP) is 3.65. The summed E-state index contributed by atoms with van der Waals surface area (Å²) in [7, 11) is -3.91. The number of para-hydroxylation sites is 1. The molecule has 2 aromatic heterocycles. The van der Waals surface area contributed by atoms with Crippen LogP contribution in [0.25, 0.3) is 5.65 Å². The van der Waals surface area contributed by atoms with Crippen LogP contribution in [0, 0.1) is 13.8 Å². The van der Waals surface area contributed by atoms with Crippen molar-refractivity contribution in [1.29, 1.82) is 0 Å². The molecule has 0 radical (unpaired) electrons. The maximum absolute atomic E-state index is 13.4. The van der Waals surface area contributed by atoms with E-state index in [-0.39, 0.29) is 16.5 Å². The van der Waals surface area contributed by atoms with Crippen LogP contribution in [-0.4, -0.2) is 17.8 Å². The van der Waals surface area contributed by atoms with Crippen molar-refractivity contribution in [2.75, 3.05) is 10.2 Å². The van der Waals surface area contributed by atoms with Gasteiger partial charge in [0.05, 0.1) is 17.3 Å². The van der Waals surface area contributed by atoms with E-state index in [1.54, 1.807) is 28.8 Å². The van der Waals surface area contributed by atoms with E-state index in [0.29, 0.717) is 35.8 Å². The number of aromatic nitrogens is 2. The number of aryl methyl sites for hydroxylation is 1. The third-order valence-corrected chi connectivity index (χ3v) is 7.43. The van der Waals surface area contributed by atoms with E-state index in [1.807, 2.05) is 39.0 Å². The molecular weight excluding hydrogens is 462 g/mol. The Morgan fingerprint density at radius 1 is 1.03 bits per heavy atom. The molecular formula is C26H27N5O3S. The van der Waals surface area contributed by atoms with Crippen molar-refractivity contribution in [2.45, 2.75) is 44.8 Å². The highest BCUT2D eigenvalue weighted by atomic mass is 32.2. The number of sulfonamides is 1. The second-order valence-corrected chi connectivity index (χ2v) is 10.6. The molecule has 0 saturated heterocycles. The molecule has 35 heavy (non-hydrogen) atoms. The van der Waals surface area contributed by atoms with Gasteiger partial charge in [0.25, 0.3) is 5.56 Å². The Kier molecular flexibility index (Phi) is 5.61. The maximum atomic E-state index is 13.4. The molecule has 0 saturated carbocycles. The van der Waals surface area contributed by atoms with Crippen LogP contribution in [0.2, 0.25) is 0 Å². The smallest absolute Gasteiger partial charge is 0.262 e. The zero-order chi connectivity index (χ0) is 24.9. The van der Waals surface area contributed by atoms with Gasteiger partial charge in [-0.05, 0) is 55.7 Å². The molecule has 180 valence electrons. The van der Waals surface area contributed by atoms with Crippen molar-refractivity contribution in [3.8, 4) is 0 Å². The zero-order valence-electron chi connectivity index (χ0n) is 19.8. The molecule has 0 fully saturated rings. The monoisotopic (exact) mass is 489 g/mol. The number of anilines is 2. The summed E-state index contributed by atoms with van der Waals surface area (Å²) in [5, 5.41) is 8.68. The van der Waals surface area contributed by atoms with Crippen LogP contribution in [0.3, 0.4) is 0 Å². The van der Waals surface area contributed by atoms with Gasteiger partial charge >= 0.3 is 0 Å². The van der Waals surface area contributed by atoms with Crippen LogP contribution < -0.4 is 20.9 Å². The van der Waals surface area contributed by atoms with Gasteiger partial charge in [0.15, 0.2) is 0 Å². The molecule has 8 nitrogen and oxygen atoms in total. The summed E-state index contributed by atoms with van der Waals surface area (Å²) in [6.45, 7) is 7.02. The van der Waals surface area contributed by atoms with Gasteiger partial charge in [0, 0.05) is 24.8 Å². The predicted molar refractivity (Wildman–Crippen MR) is 137 cm³/mol. The first-order valence-corrected chi connectivity index (χ1v) is 12.9. The van der Waals surface area contributed by atoms with E-state index in [1.165, 1.54) is 17.2 Å². The average Bonchev–Trinajstić information content (AvgIpc) is 3.25. The minimum atomic E-state index is -3.91. The first-order chi connectivity index (χ1) is 16.6. The van der Waals surface area contributed by atoms with Gasteiger partial charge in [-0.3, -0.25) is 9.20 Å². The Morgan fingerprint density at radius 2 is 1.66 bits per heavy atom. The second kappa shape index (κ2) is 8.51. The van der Waals surface area contributed by atoms with Crippen LogP contribution in [0.4, 0.5) is 11.5 Å². The highest BCUT2D eigenvalue weighted by Gasteiger charge is 2.25. The topological polar surface area (TPSA) is 110 Å². The van der Waals surface area contributed by atoms with Gasteiger partial charge in [0.2, 0.25) is 10.0 Å². The van der Waals surface area contributed by atoms with Crippen molar-refractivity contribution in [3.05, 3.63) is 99.0 Å². The molecule has 1 atom stereocenters. The number of primary sulfonamides is 1. The summed E-state index contributed by atoms with van der Waals surface area (Å²) in [5.41, 5.74) is 5.53. The molecule has 1 unspecified atom stereocenters. The Labute approximate surface area is 204 Å². The van der Waals surface area contributed by atoms with Crippen LogP contribution in [0.5, 0.6) is 0 Å². The number of rotatable bonds is 5. The number of hydrogen-bond acceptors (Lipinski definition) is 6. The molecule has 1 aliphatic heterocycles. The fourth-order valence-corrected chi connectivity index (χ4v) is 5.44. The third-order valence-electron chi connectivity index (χ3n) is 6.46. The van der Waals surface area contributed by atoms with E-state index in [2.05, 4.69) is 22.3 Å². The van der Waals surface area contributed by atoms with Crippen molar-refractivity contribution in [1.82, 2.24) is 9.38 Å². The van der Waals surface area contributed by atoms with Crippen LogP contribution >= 0.6 is 0 Å². The normalized spacial score (nSPS) is 14.2. The largest absolute Gasteiger partial charge is 0.377 e. The second-order valence-electron chi connectivity index (χ2n) is 9.06. The molecule has 1 aliphatic rings. The quantitative estimate of drug-likeness (QED) is 0.443. The molecule has 3 N–H and O–H groups in total. The number of hydrogen-bond donors (Lipinski definition) is 2. The molecule has 2 aromatic carbocycles.